The maximum absolute atomic E-state index is 12.3. The van der Waals surface area contributed by atoms with E-state index in [1.165, 1.54) is 70.1 Å². The van der Waals surface area contributed by atoms with Crippen LogP contribution in [0.1, 0.15) is 51.4 Å². The minimum absolute atomic E-state index is 0.194. The lowest BCUT2D eigenvalue weighted by Gasteiger charge is -2.35. The second kappa shape index (κ2) is 9.03. The molecule has 6 heteroatoms. The first-order valence-electron chi connectivity index (χ1n) is 12.1. The number of nitrogens with one attached hydrogen (secondary N) is 1. The number of benzene rings is 1. The van der Waals surface area contributed by atoms with Gasteiger partial charge < -0.3 is 9.47 Å². The molecular formula is C25H34N4O2. The summed E-state index contributed by atoms with van der Waals surface area (Å²) in [4.78, 5) is 28.2. The van der Waals surface area contributed by atoms with Crippen LogP contribution in [-0.2, 0) is 11.3 Å². The molecule has 3 aliphatic rings. The van der Waals surface area contributed by atoms with Crippen LogP contribution in [0.5, 0.6) is 0 Å². The van der Waals surface area contributed by atoms with E-state index in [4.69, 9.17) is 0 Å². The van der Waals surface area contributed by atoms with Crippen LogP contribution >= 0.6 is 0 Å². The predicted molar refractivity (Wildman–Crippen MR) is 123 cm³/mol. The lowest BCUT2D eigenvalue weighted by atomic mass is 9.88. The van der Waals surface area contributed by atoms with Crippen molar-refractivity contribution in [3.05, 3.63) is 30.5 Å². The third kappa shape index (κ3) is 4.49. The van der Waals surface area contributed by atoms with E-state index in [0.29, 0.717) is 18.9 Å². The number of aromatic nitrogens is 1. The number of carbonyl (C=O) groups is 2. The first-order valence-corrected chi connectivity index (χ1v) is 12.1. The third-order valence-corrected chi connectivity index (χ3v) is 7.54. The Morgan fingerprint density at radius 2 is 1.65 bits per heavy atom. The summed E-state index contributed by atoms with van der Waals surface area (Å²) < 4.78 is 2.35. The average Bonchev–Trinajstić information content (AvgIpc) is 3.19. The summed E-state index contributed by atoms with van der Waals surface area (Å²) in [6.07, 6.45) is 12.2. The highest BCUT2D eigenvalue weighted by Gasteiger charge is 2.27. The number of anilines is 1. The van der Waals surface area contributed by atoms with E-state index in [-0.39, 0.29) is 11.9 Å². The molecule has 0 bridgehead atoms. The van der Waals surface area contributed by atoms with Gasteiger partial charge in [0.25, 0.3) is 0 Å². The minimum Gasteiger partial charge on any atom is -0.347 e. The fourth-order valence-corrected chi connectivity index (χ4v) is 5.76. The average molecular weight is 423 g/mol. The fourth-order valence-electron chi connectivity index (χ4n) is 5.76. The van der Waals surface area contributed by atoms with Crippen molar-refractivity contribution >= 4 is 28.5 Å². The van der Waals surface area contributed by atoms with Crippen molar-refractivity contribution in [3.8, 4) is 0 Å². The van der Waals surface area contributed by atoms with Crippen LogP contribution in [0.2, 0.25) is 0 Å². The Bertz CT molecular complexity index is 938. The van der Waals surface area contributed by atoms with Gasteiger partial charge in [0.2, 0.25) is 5.91 Å². The van der Waals surface area contributed by atoms with Crippen molar-refractivity contribution < 1.29 is 9.59 Å². The molecule has 0 atom stereocenters. The Hall–Kier alpha value is -2.34. The van der Waals surface area contributed by atoms with Crippen LogP contribution in [0.25, 0.3) is 10.9 Å². The minimum atomic E-state index is -0.318. The largest absolute Gasteiger partial charge is 0.347 e. The van der Waals surface area contributed by atoms with Crippen molar-refractivity contribution in [1.82, 2.24) is 14.8 Å². The highest BCUT2D eigenvalue weighted by Crippen LogP contribution is 2.31. The molecule has 2 aromatic rings. The zero-order chi connectivity index (χ0) is 21.2. The van der Waals surface area contributed by atoms with Gasteiger partial charge in [0.05, 0.1) is 11.2 Å². The summed E-state index contributed by atoms with van der Waals surface area (Å²) in [6.45, 7) is 5.24. The molecule has 3 fully saturated rings. The predicted octanol–water partition coefficient (Wildman–Crippen LogP) is 4.38. The van der Waals surface area contributed by atoms with E-state index >= 15 is 0 Å². The second-order valence-corrected chi connectivity index (χ2v) is 9.68. The number of fused-ring (bicyclic) bond motifs is 1. The number of amides is 3. The van der Waals surface area contributed by atoms with Gasteiger partial charge in [0.1, 0.15) is 0 Å². The lowest BCUT2D eigenvalue weighted by molar-refractivity contribution is -0.120. The van der Waals surface area contributed by atoms with Crippen LogP contribution in [-0.4, -0.2) is 47.6 Å². The monoisotopic (exact) mass is 422 g/mol. The number of rotatable bonds is 5. The van der Waals surface area contributed by atoms with Crippen LogP contribution in [0, 0.1) is 11.8 Å². The number of likely N-dealkylation sites (tertiary alicyclic amines) is 1. The molecule has 1 N–H and O–H groups in total. The summed E-state index contributed by atoms with van der Waals surface area (Å²) in [6, 6.07) is 7.94. The number of carbonyl (C=O) groups excluding carboxylic acids is 2. The molecule has 31 heavy (non-hydrogen) atoms. The molecule has 166 valence electrons. The standard InChI is InChI=1S/C25H34N4O2/c30-24-12-16-29(25(31)26-24)23-8-4-7-22-21(23)11-15-28(22)18-20-9-13-27(14-10-20)17-19-5-2-1-3-6-19/h4,7-8,11,15,19-20H,1-3,5-6,9-10,12-14,16-18H2,(H,26,30,31). The topological polar surface area (TPSA) is 57.6 Å². The number of nitrogens with zero attached hydrogens (tertiary/aromatic N) is 3. The van der Waals surface area contributed by atoms with Gasteiger partial charge in [0.15, 0.2) is 0 Å². The number of hydrogen-bond acceptors (Lipinski definition) is 3. The molecule has 3 amide bonds. The molecule has 5 rings (SSSR count). The SMILES string of the molecule is O=C1CCN(c2cccc3c2ccn3CC2CCN(CC3CCCCC3)CC2)C(=O)N1. The van der Waals surface area contributed by atoms with Crippen LogP contribution < -0.4 is 10.2 Å². The van der Waals surface area contributed by atoms with Crippen molar-refractivity contribution in [2.24, 2.45) is 11.8 Å². The summed E-state index contributed by atoms with van der Waals surface area (Å²) in [5, 5.41) is 3.52. The number of imide groups is 1. The Morgan fingerprint density at radius 1 is 0.871 bits per heavy atom. The second-order valence-electron chi connectivity index (χ2n) is 9.68. The fraction of sp³-hybridized carbons (Fsp3) is 0.600. The molecule has 1 aromatic carbocycles. The van der Waals surface area contributed by atoms with Gasteiger partial charge in [-0.05, 0) is 68.8 Å². The van der Waals surface area contributed by atoms with Crippen LogP contribution in [0.15, 0.2) is 30.5 Å². The molecule has 2 saturated heterocycles. The first kappa shape index (κ1) is 20.6. The van der Waals surface area contributed by atoms with Crippen LogP contribution in [0.3, 0.4) is 0 Å². The zero-order valence-electron chi connectivity index (χ0n) is 18.4. The number of hydrogen-bond donors (Lipinski definition) is 1. The van der Waals surface area contributed by atoms with E-state index in [1.807, 2.05) is 12.1 Å². The highest BCUT2D eigenvalue weighted by molar-refractivity contribution is 6.09. The van der Waals surface area contributed by atoms with Gasteiger partial charge in [-0.25, -0.2) is 4.79 Å². The molecule has 6 nitrogen and oxygen atoms in total. The van der Waals surface area contributed by atoms with Gasteiger partial charge in [-0.1, -0.05) is 25.3 Å². The Kier molecular flexibility index (Phi) is 5.99. The van der Waals surface area contributed by atoms with Gasteiger partial charge in [-0.3, -0.25) is 15.0 Å². The van der Waals surface area contributed by atoms with E-state index in [1.54, 1.807) is 4.90 Å². The van der Waals surface area contributed by atoms with Crippen molar-refractivity contribution in [3.63, 3.8) is 0 Å². The van der Waals surface area contributed by atoms with Gasteiger partial charge >= 0.3 is 6.03 Å². The smallest absolute Gasteiger partial charge is 0.328 e. The quantitative estimate of drug-likeness (QED) is 0.778. The van der Waals surface area contributed by atoms with E-state index in [0.717, 1.165) is 23.5 Å². The summed E-state index contributed by atoms with van der Waals surface area (Å²) in [5.74, 6) is 1.44. The van der Waals surface area contributed by atoms with Crippen LogP contribution in [0.4, 0.5) is 10.5 Å². The van der Waals surface area contributed by atoms with E-state index in [2.05, 4.69) is 33.1 Å². The summed E-state index contributed by atoms with van der Waals surface area (Å²) in [7, 11) is 0. The first-order chi connectivity index (χ1) is 15.2. The lowest BCUT2D eigenvalue weighted by Crippen LogP contribution is -2.49. The Balaban J connectivity index is 1.23. The van der Waals surface area contributed by atoms with Crippen molar-refractivity contribution in [2.45, 2.75) is 57.9 Å². The highest BCUT2D eigenvalue weighted by atomic mass is 16.2. The Morgan fingerprint density at radius 3 is 2.42 bits per heavy atom. The maximum atomic E-state index is 12.3. The molecule has 0 unspecified atom stereocenters. The van der Waals surface area contributed by atoms with Gasteiger partial charge in [-0.15, -0.1) is 0 Å². The molecule has 0 spiro atoms. The number of urea groups is 1. The molecule has 1 saturated carbocycles. The maximum Gasteiger partial charge on any atom is 0.328 e. The Labute approximate surface area is 184 Å². The van der Waals surface area contributed by atoms with E-state index in [9.17, 15) is 9.59 Å². The van der Waals surface area contributed by atoms with E-state index < -0.39 is 0 Å². The normalized spacial score (nSPS) is 22.3. The molecular weight excluding hydrogens is 388 g/mol. The molecule has 1 aliphatic carbocycles. The number of piperidine rings is 1. The van der Waals surface area contributed by atoms with Crippen molar-refractivity contribution in [2.75, 3.05) is 31.1 Å². The summed E-state index contributed by atoms with van der Waals surface area (Å²) in [5.41, 5.74) is 2.07. The summed E-state index contributed by atoms with van der Waals surface area (Å²) >= 11 is 0. The third-order valence-electron chi connectivity index (χ3n) is 7.54. The molecule has 3 heterocycles. The zero-order valence-corrected chi connectivity index (χ0v) is 18.4. The molecule has 0 radical (unpaired) electrons. The molecule has 2 aliphatic heterocycles. The van der Waals surface area contributed by atoms with Gasteiger partial charge in [-0.2, -0.15) is 0 Å². The molecule has 1 aromatic heterocycles. The van der Waals surface area contributed by atoms with Gasteiger partial charge in [0, 0.05) is 37.6 Å². The van der Waals surface area contributed by atoms with Crippen molar-refractivity contribution in [1.29, 1.82) is 0 Å².